The van der Waals surface area contributed by atoms with Crippen molar-refractivity contribution >= 4 is 28.7 Å². The molecule has 9 nitrogen and oxygen atoms in total. The van der Waals surface area contributed by atoms with Crippen LogP contribution in [0.3, 0.4) is 0 Å². The number of carbonyl (C=O) groups is 2. The Kier molecular flexibility index (Phi) is 8.90. The van der Waals surface area contributed by atoms with Crippen LogP contribution < -0.4 is 16.0 Å². The summed E-state index contributed by atoms with van der Waals surface area (Å²) in [4.78, 5) is 38.4. The zero-order valence-electron chi connectivity index (χ0n) is 22.4. The Hall–Kier alpha value is -3.86. The first kappa shape index (κ1) is 28.2. The Morgan fingerprint density at radius 1 is 1.21 bits per heavy atom. The van der Waals surface area contributed by atoms with Crippen molar-refractivity contribution in [3.8, 4) is 11.3 Å². The molecule has 0 saturated heterocycles. The SMILES string of the molecule is Cc1cnc(N[C@@H]2CCC[C@H](NC(=O)C(F)(F)CNC(=O)/C=C/CN(C)C)C2)nc1-c1c[nH]c2ccccc12. The molecule has 0 bridgehead atoms. The van der Waals surface area contributed by atoms with E-state index in [1.165, 1.54) is 6.08 Å². The van der Waals surface area contributed by atoms with Crippen molar-refractivity contribution in [1.82, 2.24) is 30.5 Å². The van der Waals surface area contributed by atoms with Gasteiger partial charge >= 0.3 is 5.92 Å². The molecule has 2 heterocycles. The van der Waals surface area contributed by atoms with Gasteiger partial charge in [-0.25, -0.2) is 9.97 Å². The molecule has 0 unspecified atom stereocenters. The molecule has 2 atom stereocenters. The molecule has 1 aliphatic rings. The molecular formula is C28H35F2N7O2. The van der Waals surface area contributed by atoms with Gasteiger partial charge in [-0.05, 0) is 58.3 Å². The molecule has 2 aromatic heterocycles. The molecule has 1 saturated carbocycles. The number of rotatable bonds is 10. The van der Waals surface area contributed by atoms with Gasteiger partial charge in [-0.3, -0.25) is 9.59 Å². The number of hydrogen-bond acceptors (Lipinski definition) is 6. The summed E-state index contributed by atoms with van der Waals surface area (Å²) in [6.07, 6.45) is 9.04. The van der Waals surface area contributed by atoms with Gasteiger partial charge in [-0.15, -0.1) is 0 Å². The first-order valence-corrected chi connectivity index (χ1v) is 13.1. The minimum atomic E-state index is -3.72. The normalized spacial score (nSPS) is 18.0. The van der Waals surface area contributed by atoms with E-state index < -0.39 is 30.3 Å². The van der Waals surface area contributed by atoms with Crippen LogP contribution in [0.4, 0.5) is 14.7 Å². The second-order valence-corrected chi connectivity index (χ2v) is 10.2. The third kappa shape index (κ3) is 7.38. The minimum absolute atomic E-state index is 0.0854. The summed E-state index contributed by atoms with van der Waals surface area (Å²) in [5.74, 6) is -5.33. The first-order chi connectivity index (χ1) is 18.6. The lowest BCUT2D eigenvalue weighted by Crippen LogP contribution is -2.52. The quantitative estimate of drug-likeness (QED) is 0.293. The van der Waals surface area contributed by atoms with Gasteiger partial charge < -0.3 is 25.8 Å². The highest BCUT2D eigenvalue weighted by Gasteiger charge is 2.40. The monoisotopic (exact) mass is 539 g/mol. The number of para-hydroxylation sites is 1. The van der Waals surface area contributed by atoms with Crippen LogP contribution in [0.2, 0.25) is 0 Å². The molecule has 39 heavy (non-hydrogen) atoms. The molecule has 1 aliphatic carbocycles. The van der Waals surface area contributed by atoms with E-state index in [4.69, 9.17) is 4.98 Å². The highest BCUT2D eigenvalue weighted by atomic mass is 19.3. The molecule has 208 valence electrons. The van der Waals surface area contributed by atoms with Crippen molar-refractivity contribution in [2.24, 2.45) is 0 Å². The minimum Gasteiger partial charge on any atom is -0.360 e. The van der Waals surface area contributed by atoms with Crippen LogP contribution in [-0.4, -0.2) is 76.9 Å². The van der Waals surface area contributed by atoms with E-state index in [1.807, 2.05) is 56.4 Å². The molecule has 4 N–H and O–H groups in total. The van der Waals surface area contributed by atoms with Gasteiger partial charge in [0.15, 0.2) is 0 Å². The lowest BCUT2D eigenvalue weighted by molar-refractivity contribution is -0.146. The zero-order valence-corrected chi connectivity index (χ0v) is 22.4. The van der Waals surface area contributed by atoms with Crippen LogP contribution in [0.1, 0.15) is 31.2 Å². The van der Waals surface area contributed by atoms with Gasteiger partial charge in [-0.2, -0.15) is 8.78 Å². The number of aromatic nitrogens is 3. The van der Waals surface area contributed by atoms with Gasteiger partial charge in [-0.1, -0.05) is 24.3 Å². The number of aryl methyl sites for hydroxylation is 1. The third-order valence-corrected chi connectivity index (χ3v) is 6.72. The zero-order chi connectivity index (χ0) is 28.0. The number of aromatic amines is 1. The second-order valence-electron chi connectivity index (χ2n) is 10.2. The van der Waals surface area contributed by atoms with E-state index in [9.17, 15) is 18.4 Å². The van der Waals surface area contributed by atoms with E-state index in [-0.39, 0.29) is 6.04 Å². The Morgan fingerprint density at radius 3 is 2.77 bits per heavy atom. The molecule has 0 spiro atoms. The molecule has 3 aromatic rings. The van der Waals surface area contributed by atoms with Crippen LogP contribution in [-0.2, 0) is 9.59 Å². The number of likely N-dealkylation sites (N-methyl/N-ethyl adjacent to an activating group) is 1. The first-order valence-electron chi connectivity index (χ1n) is 13.1. The summed E-state index contributed by atoms with van der Waals surface area (Å²) < 4.78 is 28.9. The molecule has 1 aromatic carbocycles. The topological polar surface area (TPSA) is 115 Å². The van der Waals surface area contributed by atoms with Gasteiger partial charge in [0.1, 0.15) is 0 Å². The highest BCUT2D eigenvalue weighted by Crippen LogP contribution is 2.30. The Morgan fingerprint density at radius 2 is 1.97 bits per heavy atom. The van der Waals surface area contributed by atoms with E-state index in [0.29, 0.717) is 25.3 Å². The van der Waals surface area contributed by atoms with E-state index in [0.717, 1.165) is 40.6 Å². The summed E-state index contributed by atoms with van der Waals surface area (Å²) in [5, 5.41) is 8.96. The van der Waals surface area contributed by atoms with Gasteiger partial charge in [0.2, 0.25) is 11.9 Å². The van der Waals surface area contributed by atoms with Crippen LogP contribution in [0.25, 0.3) is 22.2 Å². The van der Waals surface area contributed by atoms with Crippen LogP contribution in [0.5, 0.6) is 0 Å². The number of fused-ring (bicyclic) bond motifs is 1. The maximum Gasteiger partial charge on any atom is 0.341 e. The highest BCUT2D eigenvalue weighted by molar-refractivity contribution is 5.95. The molecule has 11 heteroatoms. The van der Waals surface area contributed by atoms with Crippen LogP contribution >= 0.6 is 0 Å². The Balaban J connectivity index is 1.34. The fourth-order valence-corrected chi connectivity index (χ4v) is 4.69. The summed E-state index contributed by atoms with van der Waals surface area (Å²) >= 11 is 0. The Bertz CT molecular complexity index is 1340. The maximum absolute atomic E-state index is 14.5. The summed E-state index contributed by atoms with van der Waals surface area (Å²) in [6.45, 7) is 1.39. The van der Waals surface area contributed by atoms with Crippen molar-refractivity contribution in [2.45, 2.75) is 50.6 Å². The summed E-state index contributed by atoms with van der Waals surface area (Å²) in [7, 11) is 3.64. The molecule has 0 radical (unpaired) electrons. The number of H-pyrrole nitrogens is 1. The maximum atomic E-state index is 14.5. The third-order valence-electron chi connectivity index (χ3n) is 6.72. The number of amides is 2. The van der Waals surface area contributed by atoms with Crippen molar-refractivity contribution in [3.05, 3.63) is 54.4 Å². The van der Waals surface area contributed by atoms with Gasteiger partial charge in [0, 0.05) is 53.6 Å². The number of nitrogens with zero attached hydrogens (tertiary/aromatic N) is 3. The predicted octanol–water partition coefficient (Wildman–Crippen LogP) is 3.64. The lowest BCUT2D eigenvalue weighted by atomic mass is 9.91. The number of benzene rings is 1. The number of carbonyl (C=O) groups excluding carboxylic acids is 2. The van der Waals surface area contributed by atoms with Crippen molar-refractivity contribution < 1.29 is 18.4 Å². The number of halogens is 2. The fraction of sp³-hybridized carbons (Fsp3) is 0.429. The molecular weight excluding hydrogens is 504 g/mol. The number of nitrogens with one attached hydrogen (secondary N) is 4. The van der Waals surface area contributed by atoms with Crippen molar-refractivity contribution in [1.29, 1.82) is 0 Å². The molecule has 4 rings (SSSR count). The summed E-state index contributed by atoms with van der Waals surface area (Å²) in [6, 6.07) is 7.48. The molecule has 2 amide bonds. The van der Waals surface area contributed by atoms with Crippen LogP contribution in [0, 0.1) is 6.92 Å². The van der Waals surface area contributed by atoms with E-state index in [2.05, 4.69) is 25.9 Å². The van der Waals surface area contributed by atoms with E-state index in [1.54, 1.807) is 12.3 Å². The lowest BCUT2D eigenvalue weighted by Gasteiger charge is -2.31. The smallest absolute Gasteiger partial charge is 0.341 e. The number of anilines is 1. The van der Waals surface area contributed by atoms with Crippen LogP contribution in [0.15, 0.2) is 48.8 Å². The predicted molar refractivity (Wildman–Crippen MR) is 148 cm³/mol. The van der Waals surface area contributed by atoms with Gasteiger partial charge in [0.05, 0.1) is 12.2 Å². The average molecular weight is 540 g/mol. The van der Waals surface area contributed by atoms with E-state index >= 15 is 0 Å². The second kappa shape index (κ2) is 12.3. The van der Waals surface area contributed by atoms with Crippen molar-refractivity contribution in [3.63, 3.8) is 0 Å². The van der Waals surface area contributed by atoms with Crippen molar-refractivity contribution in [2.75, 3.05) is 32.5 Å². The number of hydrogen-bond donors (Lipinski definition) is 4. The average Bonchev–Trinajstić information content (AvgIpc) is 3.33. The molecule has 0 aliphatic heterocycles. The van der Waals surface area contributed by atoms with Gasteiger partial charge in [0.25, 0.3) is 5.91 Å². The standard InChI is InChI=1S/C28H35F2N7O2/c1-18-15-32-27(36-25(18)22-16-31-23-11-5-4-10-21(22)23)35-20-9-6-8-19(14-20)34-26(39)28(29,30)17-33-24(38)12-7-13-37(2)3/h4-5,7,10-12,15-16,19-20,31H,6,8-9,13-14,17H2,1-3H3,(H,33,38)(H,34,39)(H,32,35,36)/b12-7+/t19-,20+/m0/s1. The number of alkyl halides is 2. The fourth-order valence-electron chi connectivity index (χ4n) is 4.69. The molecule has 1 fully saturated rings. The largest absolute Gasteiger partial charge is 0.360 e. The Labute approximate surface area is 226 Å². The summed E-state index contributed by atoms with van der Waals surface area (Å²) in [5.41, 5.74) is 3.73.